The van der Waals surface area contributed by atoms with E-state index in [1.165, 1.54) is 28.4 Å². The van der Waals surface area contributed by atoms with Gasteiger partial charge in [-0.3, -0.25) is 4.79 Å². The molecule has 0 aliphatic rings. The molecule has 0 fully saturated rings. The van der Waals surface area contributed by atoms with E-state index >= 15 is 0 Å². The van der Waals surface area contributed by atoms with Crippen molar-refractivity contribution in [2.45, 2.75) is 0 Å². The molecule has 0 saturated carbocycles. The minimum absolute atomic E-state index is 0.126. The number of hydrogen-bond donors (Lipinski definition) is 0. The summed E-state index contributed by atoms with van der Waals surface area (Å²) in [5, 5.41) is 0.503. The predicted molar refractivity (Wildman–Crippen MR) is 137 cm³/mol. The summed E-state index contributed by atoms with van der Waals surface area (Å²) in [6.07, 6.45) is 1.67. The van der Waals surface area contributed by atoms with Crippen molar-refractivity contribution in [2.75, 3.05) is 35.5 Å². The van der Waals surface area contributed by atoms with Gasteiger partial charge >= 0.3 is 0 Å². The average Bonchev–Trinajstić information content (AvgIpc) is 3.32. The molecule has 4 aromatic rings. The van der Waals surface area contributed by atoms with E-state index in [2.05, 4.69) is 4.98 Å². The second kappa shape index (κ2) is 10.6. The first kappa shape index (κ1) is 24.9. The summed E-state index contributed by atoms with van der Waals surface area (Å²) < 4.78 is 32.9. The summed E-state index contributed by atoms with van der Waals surface area (Å²) >= 11 is 6.12. The van der Waals surface area contributed by atoms with Crippen LogP contribution in [0.4, 0.5) is 0 Å². The van der Waals surface area contributed by atoms with Crippen LogP contribution in [0.15, 0.2) is 52.9 Å². The van der Waals surface area contributed by atoms with Crippen LogP contribution >= 0.6 is 11.6 Å². The minimum Gasteiger partial charge on any atom is -0.493 e. The summed E-state index contributed by atoms with van der Waals surface area (Å²) in [5.74, 6) is 1.88. The van der Waals surface area contributed by atoms with Gasteiger partial charge in [0.25, 0.3) is 0 Å². The van der Waals surface area contributed by atoms with E-state index in [9.17, 15) is 4.79 Å². The third-order valence-electron chi connectivity index (χ3n) is 5.47. The summed E-state index contributed by atoms with van der Waals surface area (Å²) in [5.41, 5.74) is 2.17. The molecular weight excluding hydrogens is 486 g/mol. The summed E-state index contributed by atoms with van der Waals surface area (Å²) in [6, 6.07) is 13.5. The Morgan fingerprint density at radius 1 is 0.806 bits per heavy atom. The summed E-state index contributed by atoms with van der Waals surface area (Å²) in [6.45, 7) is 0. The van der Waals surface area contributed by atoms with Gasteiger partial charge in [-0.05, 0) is 54.1 Å². The Hall–Kier alpha value is -4.17. The van der Waals surface area contributed by atoms with Gasteiger partial charge in [-0.1, -0.05) is 17.7 Å². The second-order valence-electron chi connectivity index (χ2n) is 7.55. The number of benzene rings is 3. The first-order chi connectivity index (χ1) is 17.4. The van der Waals surface area contributed by atoms with Crippen molar-refractivity contribution in [3.05, 3.63) is 70.6 Å². The van der Waals surface area contributed by atoms with Crippen LogP contribution in [0.3, 0.4) is 0 Å². The lowest BCUT2D eigenvalue weighted by atomic mass is 9.99. The number of ether oxygens (including phenoxy) is 5. The zero-order chi connectivity index (χ0) is 25.8. The van der Waals surface area contributed by atoms with Crippen molar-refractivity contribution in [3.63, 3.8) is 0 Å². The second-order valence-corrected chi connectivity index (χ2v) is 7.98. The topological polar surface area (TPSA) is 89.3 Å². The number of carbonyl (C=O) groups is 1. The molecule has 8 nitrogen and oxygen atoms in total. The van der Waals surface area contributed by atoms with Crippen molar-refractivity contribution in [1.29, 1.82) is 0 Å². The number of allylic oxidation sites excluding steroid dienone is 1. The quantitative estimate of drug-likeness (QED) is 0.202. The third-order valence-corrected chi connectivity index (χ3v) is 5.71. The van der Waals surface area contributed by atoms with E-state index in [1.807, 2.05) is 0 Å². The van der Waals surface area contributed by atoms with Crippen molar-refractivity contribution in [1.82, 2.24) is 4.98 Å². The number of fused-ring (bicyclic) bond motifs is 1. The highest BCUT2D eigenvalue weighted by atomic mass is 35.5. The normalized spacial score (nSPS) is 11.3. The zero-order valence-electron chi connectivity index (χ0n) is 20.4. The fourth-order valence-corrected chi connectivity index (χ4v) is 3.88. The van der Waals surface area contributed by atoms with Crippen LogP contribution in [0.5, 0.6) is 28.7 Å². The number of Topliss-reactive ketones (excluding diaryl/α,β-unsaturated/α-hetero) is 1. The number of halogens is 1. The van der Waals surface area contributed by atoms with Gasteiger partial charge in [0.15, 0.2) is 34.4 Å². The summed E-state index contributed by atoms with van der Waals surface area (Å²) in [4.78, 5) is 18.4. The van der Waals surface area contributed by atoms with Gasteiger partial charge in [0.05, 0.1) is 41.1 Å². The Morgan fingerprint density at radius 3 is 2.08 bits per heavy atom. The van der Waals surface area contributed by atoms with Crippen LogP contribution in [0.2, 0.25) is 5.02 Å². The molecule has 186 valence electrons. The number of rotatable bonds is 9. The largest absolute Gasteiger partial charge is 0.493 e. The number of ketones is 1. The molecule has 0 saturated heterocycles. The molecule has 3 aromatic carbocycles. The molecule has 36 heavy (non-hydrogen) atoms. The van der Waals surface area contributed by atoms with Crippen molar-refractivity contribution in [3.8, 4) is 28.7 Å². The number of oxazole rings is 1. The SMILES string of the molecule is COc1ccc(/C=C(/C(=O)c2cc(OC)c(OC)c(OC)c2)c2nc3cc(Cl)ccc3o2)cc1OC. The molecule has 1 aromatic heterocycles. The van der Waals surface area contributed by atoms with E-state index in [-0.39, 0.29) is 22.8 Å². The molecule has 0 aliphatic carbocycles. The fourth-order valence-electron chi connectivity index (χ4n) is 3.72. The molecule has 9 heteroatoms. The predicted octanol–water partition coefficient (Wildman–Crippen LogP) is 5.95. The van der Waals surface area contributed by atoms with Crippen LogP contribution < -0.4 is 23.7 Å². The Labute approximate surface area is 213 Å². The van der Waals surface area contributed by atoms with Crippen LogP contribution in [0, 0.1) is 0 Å². The molecule has 0 radical (unpaired) electrons. The van der Waals surface area contributed by atoms with Gasteiger partial charge in [-0.15, -0.1) is 0 Å². The van der Waals surface area contributed by atoms with E-state index in [1.54, 1.807) is 61.7 Å². The van der Waals surface area contributed by atoms with Crippen molar-refractivity contribution >= 4 is 40.1 Å². The number of methoxy groups -OCH3 is 5. The molecule has 0 atom stereocenters. The molecule has 0 amide bonds. The van der Waals surface area contributed by atoms with Gasteiger partial charge in [0, 0.05) is 10.6 Å². The number of aromatic nitrogens is 1. The standard InChI is InChI=1S/C27H24ClNO7/c1-31-21-8-6-15(11-22(21)32-2)10-18(27-29-19-14-17(28)7-9-20(19)36-27)25(30)16-12-23(33-3)26(35-5)24(13-16)34-4/h6-14H,1-5H3/b18-10-. The molecule has 0 unspecified atom stereocenters. The van der Waals surface area contributed by atoms with Crippen LogP contribution in [0.25, 0.3) is 22.7 Å². The van der Waals surface area contributed by atoms with Crippen LogP contribution in [0.1, 0.15) is 21.8 Å². The lowest BCUT2D eigenvalue weighted by molar-refractivity contribution is 0.105. The van der Waals surface area contributed by atoms with E-state index in [0.29, 0.717) is 50.4 Å². The average molecular weight is 510 g/mol. The highest BCUT2D eigenvalue weighted by Crippen LogP contribution is 2.40. The lowest BCUT2D eigenvalue weighted by Crippen LogP contribution is -2.06. The molecule has 1 heterocycles. The highest BCUT2D eigenvalue weighted by molar-refractivity contribution is 6.32. The minimum atomic E-state index is -0.373. The molecule has 0 N–H and O–H groups in total. The van der Waals surface area contributed by atoms with Crippen molar-refractivity contribution < 1.29 is 32.9 Å². The van der Waals surface area contributed by atoms with Gasteiger partial charge in [-0.2, -0.15) is 0 Å². The monoisotopic (exact) mass is 509 g/mol. The molecular formula is C27H24ClNO7. The molecule has 0 spiro atoms. The number of carbonyl (C=O) groups excluding carboxylic acids is 1. The van der Waals surface area contributed by atoms with Gasteiger partial charge in [0.2, 0.25) is 11.6 Å². The summed E-state index contributed by atoms with van der Waals surface area (Å²) in [7, 11) is 7.55. The fraction of sp³-hybridized carbons (Fsp3) is 0.185. The smallest absolute Gasteiger partial charge is 0.231 e. The molecule has 4 rings (SSSR count). The molecule has 0 aliphatic heterocycles. The van der Waals surface area contributed by atoms with Gasteiger partial charge < -0.3 is 28.1 Å². The zero-order valence-corrected chi connectivity index (χ0v) is 21.1. The number of hydrogen-bond acceptors (Lipinski definition) is 8. The Bertz CT molecular complexity index is 1430. The Kier molecular flexibility index (Phi) is 7.36. The maximum Gasteiger partial charge on any atom is 0.231 e. The van der Waals surface area contributed by atoms with E-state index in [0.717, 1.165) is 0 Å². The highest BCUT2D eigenvalue weighted by Gasteiger charge is 2.24. The van der Waals surface area contributed by atoms with Gasteiger partial charge in [0.1, 0.15) is 5.52 Å². The van der Waals surface area contributed by atoms with Crippen molar-refractivity contribution in [2.24, 2.45) is 0 Å². The maximum atomic E-state index is 13.9. The van der Waals surface area contributed by atoms with Crippen LogP contribution in [-0.4, -0.2) is 46.3 Å². The van der Waals surface area contributed by atoms with Gasteiger partial charge in [-0.25, -0.2) is 4.98 Å². The van der Waals surface area contributed by atoms with E-state index < -0.39 is 0 Å². The number of nitrogens with zero attached hydrogens (tertiary/aromatic N) is 1. The maximum absolute atomic E-state index is 13.9. The molecule has 0 bridgehead atoms. The lowest BCUT2D eigenvalue weighted by Gasteiger charge is -2.14. The van der Waals surface area contributed by atoms with E-state index in [4.69, 9.17) is 39.7 Å². The first-order valence-corrected chi connectivity index (χ1v) is 11.1. The van der Waals surface area contributed by atoms with Crippen LogP contribution in [-0.2, 0) is 0 Å². The Balaban J connectivity index is 1.91. The third kappa shape index (κ3) is 4.81. The Morgan fingerprint density at radius 2 is 1.47 bits per heavy atom. The first-order valence-electron chi connectivity index (χ1n) is 10.8.